The van der Waals surface area contributed by atoms with E-state index in [1.165, 1.54) is 12.1 Å². The number of carbonyl (C=O) groups is 2. The third-order valence-electron chi connectivity index (χ3n) is 5.98. The lowest BCUT2D eigenvalue weighted by atomic mass is 9.93. The molecule has 2 N–H and O–H groups in total. The Morgan fingerprint density at radius 1 is 1.06 bits per heavy atom. The lowest BCUT2D eigenvalue weighted by Crippen LogP contribution is -2.22. The van der Waals surface area contributed by atoms with E-state index in [1.54, 1.807) is 31.2 Å². The zero-order valence-electron chi connectivity index (χ0n) is 19.3. The number of phenols is 1. The van der Waals surface area contributed by atoms with Gasteiger partial charge in [-0.25, -0.2) is 15.2 Å². The number of rotatable bonds is 4. The highest BCUT2D eigenvalue weighted by molar-refractivity contribution is 6.07. The molecule has 8 nitrogen and oxygen atoms in total. The lowest BCUT2D eigenvalue weighted by Gasteiger charge is -2.13. The summed E-state index contributed by atoms with van der Waals surface area (Å²) in [4.78, 5) is 30.1. The number of furan rings is 1. The van der Waals surface area contributed by atoms with Crippen molar-refractivity contribution in [3.8, 4) is 11.5 Å². The molecule has 0 atom stereocenters. The maximum Gasteiger partial charge on any atom is 0.380 e. The number of nitrogens with zero attached hydrogens (tertiary/aromatic N) is 2. The highest BCUT2D eigenvalue weighted by Gasteiger charge is 2.29. The van der Waals surface area contributed by atoms with Gasteiger partial charge in [-0.1, -0.05) is 30.3 Å². The van der Waals surface area contributed by atoms with Crippen LogP contribution in [0, 0.1) is 13.8 Å². The van der Waals surface area contributed by atoms with E-state index in [4.69, 9.17) is 9.15 Å². The SMILES string of the molecule is Cc1ccc2cccc(OC(=O)c3oc4c(c3C)/C(=N/NC(=O)c3ccccc3O)CCC4)c2n1. The molecular formula is C27H23N3O5. The average molecular weight is 469 g/mol. The number of hydrogen-bond acceptors (Lipinski definition) is 7. The normalized spacial score (nSPS) is 14.1. The highest BCUT2D eigenvalue weighted by atomic mass is 16.5. The molecule has 2 aromatic heterocycles. The van der Waals surface area contributed by atoms with Gasteiger partial charge in [0.25, 0.3) is 5.91 Å². The van der Waals surface area contributed by atoms with Crippen molar-refractivity contribution in [3.63, 3.8) is 0 Å². The molecule has 0 aliphatic heterocycles. The number of pyridine rings is 1. The van der Waals surface area contributed by atoms with Gasteiger partial charge in [-0.2, -0.15) is 5.10 Å². The van der Waals surface area contributed by atoms with Crippen molar-refractivity contribution in [1.29, 1.82) is 0 Å². The van der Waals surface area contributed by atoms with Gasteiger partial charge in [0.15, 0.2) is 5.75 Å². The van der Waals surface area contributed by atoms with Gasteiger partial charge >= 0.3 is 5.97 Å². The summed E-state index contributed by atoms with van der Waals surface area (Å²) in [7, 11) is 0. The Kier molecular flexibility index (Phi) is 5.78. The van der Waals surface area contributed by atoms with Gasteiger partial charge in [0.05, 0.1) is 11.3 Å². The number of esters is 1. The van der Waals surface area contributed by atoms with Crippen LogP contribution < -0.4 is 10.2 Å². The summed E-state index contributed by atoms with van der Waals surface area (Å²) >= 11 is 0. The van der Waals surface area contributed by atoms with Crippen LogP contribution >= 0.6 is 0 Å². The molecule has 0 radical (unpaired) electrons. The second-order valence-corrected chi connectivity index (χ2v) is 8.39. The number of aromatic nitrogens is 1. The van der Waals surface area contributed by atoms with Gasteiger partial charge in [0, 0.05) is 28.6 Å². The summed E-state index contributed by atoms with van der Waals surface area (Å²) in [5, 5.41) is 15.1. The number of fused-ring (bicyclic) bond motifs is 2. The van der Waals surface area contributed by atoms with Crippen molar-refractivity contribution < 1.29 is 23.8 Å². The number of nitrogens with one attached hydrogen (secondary N) is 1. The largest absolute Gasteiger partial charge is 0.507 e. The number of carbonyl (C=O) groups excluding carboxylic acids is 2. The van der Waals surface area contributed by atoms with Crippen LogP contribution in [0.1, 0.15) is 56.3 Å². The van der Waals surface area contributed by atoms with Crippen LogP contribution in [0.3, 0.4) is 0 Å². The molecule has 8 heteroatoms. The molecule has 2 aromatic carbocycles. The first kappa shape index (κ1) is 22.3. The number of para-hydroxylation sites is 2. The maximum atomic E-state index is 13.1. The number of aryl methyl sites for hydroxylation is 2. The van der Waals surface area contributed by atoms with Crippen LogP contribution in [0.25, 0.3) is 10.9 Å². The van der Waals surface area contributed by atoms with E-state index >= 15 is 0 Å². The van der Waals surface area contributed by atoms with E-state index < -0.39 is 11.9 Å². The van der Waals surface area contributed by atoms with Gasteiger partial charge in [0.1, 0.15) is 17.0 Å². The van der Waals surface area contributed by atoms with E-state index in [0.29, 0.717) is 46.7 Å². The summed E-state index contributed by atoms with van der Waals surface area (Å²) in [5.74, 6) is -0.192. The minimum atomic E-state index is -0.620. The smallest absolute Gasteiger partial charge is 0.380 e. The highest BCUT2D eigenvalue weighted by Crippen LogP contribution is 2.31. The van der Waals surface area contributed by atoms with Crippen LogP contribution in [-0.2, 0) is 6.42 Å². The predicted octanol–water partition coefficient (Wildman–Crippen LogP) is 4.84. The number of hydrazone groups is 1. The molecule has 0 saturated heterocycles. The van der Waals surface area contributed by atoms with Gasteiger partial charge in [-0.3, -0.25) is 4.79 Å². The number of phenolic OH excluding ortho intramolecular Hbond substituents is 1. The summed E-state index contributed by atoms with van der Waals surface area (Å²) in [5.41, 5.74) is 5.96. The molecule has 0 fully saturated rings. The summed E-state index contributed by atoms with van der Waals surface area (Å²) in [6, 6.07) is 15.5. The fourth-order valence-electron chi connectivity index (χ4n) is 4.26. The number of hydrogen-bond donors (Lipinski definition) is 2. The Bertz CT molecular complexity index is 1500. The van der Waals surface area contributed by atoms with Crippen LogP contribution in [-0.4, -0.2) is 27.7 Å². The van der Waals surface area contributed by atoms with E-state index in [-0.39, 0.29) is 17.1 Å². The van der Waals surface area contributed by atoms with Crippen LogP contribution in [0.4, 0.5) is 0 Å². The molecule has 2 heterocycles. The van der Waals surface area contributed by atoms with Crippen LogP contribution in [0.2, 0.25) is 0 Å². The van der Waals surface area contributed by atoms with E-state index in [9.17, 15) is 14.7 Å². The molecule has 176 valence electrons. The molecule has 0 unspecified atom stereocenters. The van der Waals surface area contributed by atoms with Gasteiger partial charge in [-0.05, 0) is 51.0 Å². The Hall–Kier alpha value is -4.46. The molecular weight excluding hydrogens is 446 g/mol. The van der Waals surface area contributed by atoms with E-state index in [0.717, 1.165) is 17.5 Å². The number of amides is 1. The molecule has 0 saturated carbocycles. The summed E-state index contributed by atoms with van der Waals surface area (Å²) in [6.45, 7) is 3.65. The monoisotopic (exact) mass is 469 g/mol. The zero-order valence-corrected chi connectivity index (χ0v) is 19.3. The van der Waals surface area contributed by atoms with Crippen molar-refractivity contribution in [3.05, 3.63) is 88.5 Å². The Balaban J connectivity index is 1.42. The first-order valence-corrected chi connectivity index (χ1v) is 11.3. The Morgan fingerprint density at radius 3 is 2.71 bits per heavy atom. The lowest BCUT2D eigenvalue weighted by molar-refractivity contribution is 0.0700. The van der Waals surface area contributed by atoms with Crippen LogP contribution in [0.5, 0.6) is 11.5 Å². The predicted molar refractivity (Wildman–Crippen MR) is 130 cm³/mol. The summed E-state index contributed by atoms with van der Waals surface area (Å²) in [6.07, 6.45) is 2.01. The van der Waals surface area contributed by atoms with Gasteiger partial charge in [0.2, 0.25) is 5.76 Å². The van der Waals surface area contributed by atoms with E-state index in [2.05, 4.69) is 15.5 Å². The molecule has 5 rings (SSSR count). The second-order valence-electron chi connectivity index (χ2n) is 8.39. The fourth-order valence-corrected chi connectivity index (χ4v) is 4.26. The first-order valence-electron chi connectivity index (χ1n) is 11.3. The van der Waals surface area contributed by atoms with Crippen molar-refractivity contribution >= 4 is 28.5 Å². The van der Waals surface area contributed by atoms with Crippen molar-refractivity contribution in [2.45, 2.75) is 33.1 Å². The molecule has 4 aromatic rings. The minimum Gasteiger partial charge on any atom is -0.507 e. The fraction of sp³-hybridized carbons (Fsp3) is 0.185. The molecule has 35 heavy (non-hydrogen) atoms. The Morgan fingerprint density at radius 2 is 1.89 bits per heavy atom. The number of aromatic hydroxyl groups is 1. The number of ether oxygens (including phenoxy) is 1. The van der Waals surface area contributed by atoms with E-state index in [1.807, 2.05) is 25.1 Å². The van der Waals surface area contributed by atoms with Gasteiger partial charge in [-0.15, -0.1) is 0 Å². The first-order chi connectivity index (χ1) is 16.9. The Labute approximate surface area is 201 Å². The third kappa shape index (κ3) is 4.26. The molecule has 0 bridgehead atoms. The third-order valence-corrected chi connectivity index (χ3v) is 5.98. The van der Waals surface area contributed by atoms with Crippen molar-refractivity contribution in [1.82, 2.24) is 10.4 Å². The molecule has 1 aliphatic carbocycles. The van der Waals surface area contributed by atoms with Crippen molar-refractivity contribution in [2.24, 2.45) is 5.10 Å². The average Bonchev–Trinajstić information content (AvgIpc) is 3.20. The summed E-state index contributed by atoms with van der Waals surface area (Å²) < 4.78 is 11.6. The molecule has 1 aliphatic rings. The van der Waals surface area contributed by atoms with Gasteiger partial charge < -0.3 is 14.3 Å². The zero-order chi connectivity index (χ0) is 24.5. The number of benzene rings is 2. The molecule has 0 spiro atoms. The topological polar surface area (TPSA) is 114 Å². The standard InChI is InChI=1S/C27H23N3O5/c1-15-13-14-17-7-5-12-22(24(17)28-15)35-27(33)25-16(2)23-19(9-6-11-21(23)34-25)29-30-26(32)18-8-3-4-10-20(18)31/h3-5,7-8,10,12-14,31H,6,9,11H2,1-2H3,(H,30,32)/b29-19+. The maximum absolute atomic E-state index is 13.1. The quantitative estimate of drug-likeness (QED) is 0.251. The van der Waals surface area contributed by atoms with Crippen LogP contribution in [0.15, 0.2) is 64.1 Å². The minimum absolute atomic E-state index is 0.0984. The van der Waals surface area contributed by atoms with Crippen molar-refractivity contribution in [2.75, 3.05) is 0 Å². The second kappa shape index (κ2) is 9.06. The molecule has 1 amide bonds.